The van der Waals surface area contributed by atoms with Crippen LogP contribution in [0.1, 0.15) is 90.9 Å². The number of nitrogens with zero attached hydrogens (tertiary/aromatic N) is 4. The van der Waals surface area contributed by atoms with Crippen molar-refractivity contribution in [2.75, 3.05) is 32.6 Å². The number of aliphatic hydroxyl groups is 1. The molecular weight excluding hydrogens is 1070 g/mol. The number of aromatic nitrogens is 4. The van der Waals surface area contributed by atoms with E-state index in [1.165, 1.54) is 36.0 Å². The predicted molar refractivity (Wildman–Crippen MR) is 279 cm³/mol. The van der Waals surface area contributed by atoms with Gasteiger partial charge in [-0.2, -0.15) is 0 Å². The summed E-state index contributed by atoms with van der Waals surface area (Å²) in [4.78, 5) is 117. The van der Waals surface area contributed by atoms with Gasteiger partial charge < -0.3 is 51.0 Å². The van der Waals surface area contributed by atoms with Crippen LogP contribution in [-0.4, -0.2) is 119 Å². The zero-order valence-corrected chi connectivity index (χ0v) is 44.5. The third-order valence-corrected chi connectivity index (χ3v) is 14.8. The molecule has 2 aliphatic heterocycles. The monoisotopic (exact) mass is 1120 g/mol. The number of fused-ring (bicyclic) bond motifs is 5. The molecule has 0 fully saturated rings. The van der Waals surface area contributed by atoms with E-state index in [9.17, 15) is 51.9 Å². The fourth-order valence-electron chi connectivity index (χ4n) is 9.35. The molecule has 26 heteroatoms. The van der Waals surface area contributed by atoms with Gasteiger partial charge in [0, 0.05) is 60.5 Å². The van der Waals surface area contributed by atoms with E-state index in [1.807, 2.05) is 0 Å². The Morgan fingerprint density at radius 3 is 2.37 bits per heavy atom. The Balaban J connectivity index is 0.811. The summed E-state index contributed by atoms with van der Waals surface area (Å²) in [6.45, 7) is 0.727. The number of esters is 1. The number of carbonyl (C=O) groups is 7. The molecule has 5 aromatic rings. The van der Waals surface area contributed by atoms with Crippen molar-refractivity contribution < 1.29 is 61.0 Å². The molecule has 0 radical (unpaired) electrons. The number of sulfone groups is 1. The van der Waals surface area contributed by atoms with E-state index in [4.69, 9.17) is 26.1 Å². The Morgan fingerprint density at radius 2 is 1.65 bits per heavy atom. The lowest BCUT2D eigenvalue weighted by Gasteiger charge is -2.31. The van der Waals surface area contributed by atoms with Crippen molar-refractivity contribution in [2.24, 2.45) is 0 Å². The summed E-state index contributed by atoms with van der Waals surface area (Å²) in [5, 5.41) is 26.8. The number of benzene rings is 2. The number of unbranched alkanes of at least 4 members (excludes halogenated alkanes) is 1. The van der Waals surface area contributed by atoms with Gasteiger partial charge in [-0.05, 0) is 55.4 Å². The van der Waals surface area contributed by atoms with Gasteiger partial charge in [-0.1, -0.05) is 60.7 Å². The smallest absolute Gasteiger partial charge is 0.343 e. The summed E-state index contributed by atoms with van der Waals surface area (Å²) >= 11 is 6.51. The Hall–Kier alpha value is -8.18. The van der Waals surface area contributed by atoms with Gasteiger partial charge in [0.25, 0.3) is 5.56 Å². The zero-order chi connectivity index (χ0) is 56.8. The molecular formula is C53H54ClFN10O13S. The van der Waals surface area contributed by atoms with Gasteiger partial charge >= 0.3 is 5.97 Å². The Labute approximate surface area is 456 Å². The summed E-state index contributed by atoms with van der Waals surface area (Å²) < 4.78 is 50.6. The first-order chi connectivity index (χ1) is 37.7. The van der Waals surface area contributed by atoms with Crippen LogP contribution in [0.3, 0.4) is 0 Å². The lowest BCUT2D eigenvalue weighted by atomic mass is 9.83. The van der Waals surface area contributed by atoms with E-state index in [-0.39, 0.29) is 72.1 Å². The number of pyridine rings is 2. The average molecular weight is 1130 g/mol. The molecule has 2 aromatic carbocycles. The molecule has 4 atom stereocenters. The molecule has 0 saturated heterocycles. The van der Waals surface area contributed by atoms with E-state index in [2.05, 4.69) is 53.7 Å². The fraction of sp³-hybridized carbons (Fsp3) is 0.377. The second-order valence-corrected chi connectivity index (χ2v) is 21.2. The number of halogens is 2. The van der Waals surface area contributed by atoms with Gasteiger partial charge in [-0.3, -0.25) is 33.6 Å². The maximum Gasteiger partial charge on any atom is 0.343 e. The number of hydrogen-bond acceptors (Lipinski definition) is 16. The number of ether oxygens (including phenoxy) is 2. The van der Waals surface area contributed by atoms with Gasteiger partial charge in [-0.15, -0.1) is 0 Å². The largest absolute Gasteiger partial charge is 0.458 e. The first-order valence-electron chi connectivity index (χ1n) is 25.0. The molecule has 0 spiro atoms. The second kappa shape index (κ2) is 24.2. The maximum atomic E-state index is 15.3. The average Bonchev–Trinajstić information content (AvgIpc) is 4.04. The highest BCUT2D eigenvalue weighted by Crippen LogP contribution is 2.47. The minimum absolute atomic E-state index is 0.000239. The molecule has 3 aromatic heterocycles. The topological polar surface area (TPSA) is 325 Å². The number of rotatable bonds is 20. The number of cyclic esters (lactones) is 1. The Bertz CT molecular complexity index is 3540. The lowest BCUT2D eigenvalue weighted by Crippen LogP contribution is -2.52. The number of aryl methyl sites for hydroxylation is 1. The van der Waals surface area contributed by atoms with Crippen LogP contribution < -0.4 is 37.5 Å². The van der Waals surface area contributed by atoms with E-state index >= 15 is 4.39 Å². The van der Waals surface area contributed by atoms with E-state index in [0.29, 0.717) is 57.4 Å². The zero-order valence-electron chi connectivity index (χ0n) is 42.9. The van der Waals surface area contributed by atoms with Crippen LogP contribution in [0.25, 0.3) is 22.3 Å². The summed E-state index contributed by atoms with van der Waals surface area (Å²) in [7, 11) is -3.55. The molecule has 0 saturated carbocycles. The van der Waals surface area contributed by atoms with Crippen LogP contribution >= 0.6 is 11.6 Å². The standard InChI is InChI=1S/C53H54ClFN10O13S/c1-4-53(74)34-18-39-47-32(25-65(39)50(72)33(34)26-77-51(53)73)45-36(16-15-31-44(45)37(63-47)19-35(55)46(31)54)64-48(70)28(2)78-27-61-42(68)23-58-49(71)38(17-29-11-7-5-8-12-29)62-43(69)24-57-41(67)22-56-40(66)14-10-6-9-13-30-20-59-52(60-21-30)79(3,75)76/h5,7-8,11-12,18-21,28,36,38,74H,4,6,10,14-17,22-27H2,1-3H3,(H,56,66)(H,57,67)(H,58,71)(H,61,68)(H,62,69)(H,64,70)/t28-,36-,38-,53-/m0/s1. The number of nitrogens with one attached hydrogen (secondary N) is 6. The number of hydrogen-bond donors (Lipinski definition) is 7. The molecule has 7 N–H and O–H groups in total. The first kappa shape index (κ1) is 57.0. The van der Waals surface area contributed by atoms with Gasteiger partial charge in [0.2, 0.25) is 50.4 Å². The SMILES string of the molecule is CC[C@@]1(O)C(=O)OCc2c1cc1n(c2=O)Cc2c-1nc1cc(F)c(Cl)c3c1c2[C@@H](NC(=O)[C@H](C)OCNC(=O)CNC(=O)[C@H](Cc1ccccc1)NC(=O)CNC(=O)CNC(=O)CCCC#Cc1cnc(S(C)(=O)=O)nc1)CC3. The normalized spacial score (nSPS) is 16.6. The van der Waals surface area contributed by atoms with Crippen LogP contribution in [0.4, 0.5) is 4.39 Å². The van der Waals surface area contributed by atoms with Crippen molar-refractivity contribution >= 4 is 73.8 Å². The summed E-state index contributed by atoms with van der Waals surface area (Å²) in [5.41, 5.74) is 1.11. The summed E-state index contributed by atoms with van der Waals surface area (Å²) in [5.74, 6) is 0.162. The minimum atomic E-state index is -3.55. The Morgan fingerprint density at radius 1 is 0.949 bits per heavy atom. The van der Waals surface area contributed by atoms with Crippen LogP contribution in [0.2, 0.25) is 5.02 Å². The van der Waals surface area contributed by atoms with Crippen LogP contribution in [0.5, 0.6) is 0 Å². The quantitative estimate of drug-likeness (QED) is 0.0184. The summed E-state index contributed by atoms with van der Waals surface area (Å²) in [6.07, 6.45) is 3.59. The third kappa shape index (κ3) is 12.9. The van der Waals surface area contributed by atoms with Crippen LogP contribution in [-0.2, 0) is 84.5 Å². The van der Waals surface area contributed by atoms with Crippen LogP contribution in [0, 0.1) is 17.7 Å². The predicted octanol–water partition coefficient (Wildman–Crippen LogP) is 0.946. The lowest BCUT2D eigenvalue weighted by molar-refractivity contribution is -0.172. The van der Waals surface area contributed by atoms with Crippen molar-refractivity contribution in [2.45, 2.75) is 101 Å². The van der Waals surface area contributed by atoms with Crippen molar-refractivity contribution in [3.8, 4) is 23.2 Å². The molecule has 5 heterocycles. The number of carbonyl (C=O) groups excluding carboxylic acids is 7. The number of amides is 6. The molecule has 23 nitrogen and oxygen atoms in total. The minimum Gasteiger partial charge on any atom is -0.458 e. The summed E-state index contributed by atoms with van der Waals surface area (Å²) in [6, 6.07) is 9.53. The molecule has 0 unspecified atom stereocenters. The van der Waals surface area contributed by atoms with Crippen molar-refractivity contribution in [3.05, 3.63) is 115 Å². The van der Waals surface area contributed by atoms with Gasteiger partial charge in [0.1, 0.15) is 31.3 Å². The highest BCUT2D eigenvalue weighted by atomic mass is 35.5. The maximum absolute atomic E-state index is 15.3. The fourth-order valence-corrected chi connectivity index (χ4v) is 10.1. The molecule has 414 valence electrons. The molecule has 8 rings (SSSR count). The van der Waals surface area contributed by atoms with Crippen molar-refractivity contribution in [3.63, 3.8) is 0 Å². The first-order valence-corrected chi connectivity index (χ1v) is 27.3. The highest BCUT2D eigenvalue weighted by Gasteiger charge is 2.46. The second-order valence-electron chi connectivity index (χ2n) is 18.9. The molecule has 79 heavy (non-hydrogen) atoms. The van der Waals surface area contributed by atoms with Gasteiger partial charge in [0.05, 0.1) is 65.3 Å². The molecule has 3 aliphatic rings. The van der Waals surface area contributed by atoms with Crippen molar-refractivity contribution in [1.29, 1.82) is 0 Å². The van der Waals surface area contributed by atoms with E-state index in [0.717, 1.165) is 6.26 Å². The molecule has 1 aliphatic carbocycles. The highest BCUT2D eigenvalue weighted by molar-refractivity contribution is 7.90. The molecule has 0 bridgehead atoms. The van der Waals surface area contributed by atoms with Crippen LogP contribution in [0.15, 0.2) is 64.8 Å². The van der Waals surface area contributed by atoms with E-state index < -0.39 is 113 Å². The Kier molecular flexibility index (Phi) is 17.5. The van der Waals surface area contributed by atoms with Crippen molar-refractivity contribution in [1.82, 2.24) is 51.4 Å². The van der Waals surface area contributed by atoms with Gasteiger partial charge in [-0.25, -0.2) is 32.6 Å². The van der Waals surface area contributed by atoms with Gasteiger partial charge in [0.15, 0.2) is 5.60 Å². The third-order valence-electron chi connectivity index (χ3n) is 13.5. The molecule has 6 amide bonds. The van der Waals surface area contributed by atoms with E-state index in [1.54, 1.807) is 37.3 Å².